The molecule has 0 bridgehead atoms. The number of rotatable bonds is 3. The summed E-state index contributed by atoms with van der Waals surface area (Å²) in [5.74, 6) is 0.937. The van der Waals surface area contributed by atoms with E-state index in [0.717, 1.165) is 34.5 Å². The molecular formula is C21H24N2O4. The number of anilines is 1. The molecule has 0 spiro atoms. The van der Waals surface area contributed by atoms with Crippen LogP contribution < -0.4 is 10.1 Å². The van der Waals surface area contributed by atoms with E-state index in [0.29, 0.717) is 24.7 Å². The minimum atomic E-state index is -0.286. The summed E-state index contributed by atoms with van der Waals surface area (Å²) in [6, 6.07) is 5.26. The molecule has 1 aromatic carbocycles. The molecule has 142 valence electrons. The van der Waals surface area contributed by atoms with Gasteiger partial charge in [0.15, 0.2) is 17.3 Å². The van der Waals surface area contributed by atoms with Gasteiger partial charge in [0.1, 0.15) is 0 Å². The van der Waals surface area contributed by atoms with Crippen molar-refractivity contribution in [1.29, 1.82) is 0 Å². The Bertz CT molecular complexity index is 955. The molecule has 0 fully saturated rings. The van der Waals surface area contributed by atoms with Crippen LogP contribution in [0, 0.1) is 12.3 Å². The number of nitrogens with one attached hydrogen (secondary N) is 1. The fourth-order valence-electron chi connectivity index (χ4n) is 4.18. The highest BCUT2D eigenvalue weighted by Gasteiger charge is 2.43. The number of aromatic nitrogens is 1. The lowest BCUT2D eigenvalue weighted by Crippen LogP contribution is -2.33. The summed E-state index contributed by atoms with van der Waals surface area (Å²) in [6.07, 6.45) is 1.26. The molecule has 1 atom stereocenters. The van der Waals surface area contributed by atoms with Crippen LogP contribution in [-0.2, 0) is 4.79 Å². The smallest absolute Gasteiger partial charge is 0.233 e. The van der Waals surface area contributed by atoms with Crippen molar-refractivity contribution in [3.05, 3.63) is 46.3 Å². The van der Waals surface area contributed by atoms with Crippen molar-refractivity contribution in [2.45, 2.75) is 46.5 Å². The van der Waals surface area contributed by atoms with Gasteiger partial charge in [-0.3, -0.25) is 4.79 Å². The van der Waals surface area contributed by atoms with E-state index in [1.807, 2.05) is 26.0 Å². The quantitative estimate of drug-likeness (QED) is 0.841. The Morgan fingerprint density at radius 2 is 2.15 bits per heavy atom. The first-order chi connectivity index (χ1) is 12.8. The molecule has 0 amide bonds. The first kappa shape index (κ1) is 17.6. The number of aryl methyl sites for hydroxylation is 1. The average molecular weight is 368 g/mol. The van der Waals surface area contributed by atoms with Gasteiger partial charge in [-0.05, 0) is 43.4 Å². The Morgan fingerprint density at radius 3 is 2.89 bits per heavy atom. The lowest BCUT2D eigenvalue weighted by molar-refractivity contribution is -0.118. The molecule has 0 saturated carbocycles. The van der Waals surface area contributed by atoms with Gasteiger partial charge in [0.05, 0.1) is 17.9 Å². The fraction of sp³-hybridized carbons (Fsp3) is 0.429. The summed E-state index contributed by atoms with van der Waals surface area (Å²) in [4.78, 5) is 13.1. The molecule has 1 aromatic heterocycles. The van der Waals surface area contributed by atoms with Crippen LogP contribution >= 0.6 is 0 Å². The second-order valence-electron chi connectivity index (χ2n) is 8.06. The van der Waals surface area contributed by atoms with Crippen LogP contribution in [0.4, 0.5) is 5.88 Å². The third-order valence-corrected chi connectivity index (χ3v) is 5.29. The summed E-state index contributed by atoms with van der Waals surface area (Å²) >= 11 is 0. The van der Waals surface area contributed by atoms with Crippen LogP contribution in [0.1, 0.15) is 56.4 Å². The van der Waals surface area contributed by atoms with E-state index in [-0.39, 0.29) is 22.9 Å². The summed E-state index contributed by atoms with van der Waals surface area (Å²) in [7, 11) is 0. The molecule has 6 heteroatoms. The Hall–Kier alpha value is -2.76. The highest BCUT2D eigenvalue weighted by molar-refractivity contribution is 6.01. The summed E-state index contributed by atoms with van der Waals surface area (Å²) in [5.41, 5.74) is 4.06. The standard InChI is InChI=1S/C21H24N2O4/c1-5-26-16-8-12(6-7-14(16)24)18-17-11(2)23-27-20(17)22-13-9-21(3,4)10-15(25)19(13)18/h6-8,18,22,24H,5,9-10H2,1-4H3/t18-/m1/s1. The van der Waals surface area contributed by atoms with Crippen molar-refractivity contribution in [1.82, 2.24) is 5.16 Å². The number of phenolic OH excluding ortho intramolecular Hbond substituents is 1. The molecule has 1 aliphatic carbocycles. The number of Topliss-reactive ketones (excluding diaryl/α,β-unsaturated/α-hetero) is 1. The van der Waals surface area contributed by atoms with Gasteiger partial charge in [0.25, 0.3) is 0 Å². The maximum atomic E-state index is 13.1. The van der Waals surface area contributed by atoms with Gasteiger partial charge in [-0.2, -0.15) is 0 Å². The number of allylic oxidation sites excluding steroid dienone is 2. The molecule has 0 unspecified atom stereocenters. The van der Waals surface area contributed by atoms with Gasteiger partial charge in [-0.25, -0.2) is 0 Å². The maximum Gasteiger partial charge on any atom is 0.233 e. The van der Waals surface area contributed by atoms with E-state index in [1.54, 1.807) is 6.07 Å². The molecule has 2 aromatic rings. The molecule has 2 N–H and O–H groups in total. The number of fused-ring (bicyclic) bond motifs is 1. The Morgan fingerprint density at radius 1 is 1.37 bits per heavy atom. The monoisotopic (exact) mass is 368 g/mol. The SMILES string of the molecule is CCOc1cc([C@H]2C3=C(CC(C)(C)CC3=O)Nc3onc(C)c32)ccc1O. The number of phenols is 1. The van der Waals surface area contributed by atoms with Crippen LogP contribution in [0.3, 0.4) is 0 Å². The van der Waals surface area contributed by atoms with E-state index in [9.17, 15) is 9.90 Å². The number of nitrogens with zero attached hydrogens (tertiary/aromatic N) is 1. The third kappa shape index (κ3) is 2.89. The molecule has 4 rings (SSSR count). The lowest BCUT2D eigenvalue weighted by atomic mass is 9.69. The zero-order valence-electron chi connectivity index (χ0n) is 16.0. The van der Waals surface area contributed by atoms with E-state index >= 15 is 0 Å². The summed E-state index contributed by atoms with van der Waals surface area (Å²) in [6.45, 7) is 8.39. The molecule has 2 aliphatic rings. The zero-order valence-corrected chi connectivity index (χ0v) is 16.0. The van der Waals surface area contributed by atoms with E-state index in [4.69, 9.17) is 9.26 Å². The first-order valence-corrected chi connectivity index (χ1v) is 9.26. The van der Waals surface area contributed by atoms with E-state index in [1.165, 1.54) is 0 Å². The van der Waals surface area contributed by atoms with Crippen molar-refractivity contribution in [3.8, 4) is 11.5 Å². The average Bonchev–Trinajstić information content (AvgIpc) is 2.95. The number of benzene rings is 1. The number of carbonyl (C=O) groups is 1. The molecule has 0 radical (unpaired) electrons. The van der Waals surface area contributed by atoms with Crippen LogP contribution in [0.15, 0.2) is 34.0 Å². The van der Waals surface area contributed by atoms with Crippen molar-refractivity contribution >= 4 is 11.7 Å². The zero-order chi connectivity index (χ0) is 19.3. The minimum Gasteiger partial charge on any atom is -0.504 e. The predicted molar refractivity (Wildman–Crippen MR) is 101 cm³/mol. The van der Waals surface area contributed by atoms with E-state index in [2.05, 4.69) is 24.3 Å². The highest BCUT2D eigenvalue weighted by Crippen LogP contribution is 2.50. The van der Waals surface area contributed by atoms with Crippen LogP contribution in [0.2, 0.25) is 0 Å². The molecular weight excluding hydrogens is 344 g/mol. The molecule has 1 aliphatic heterocycles. The van der Waals surface area contributed by atoms with Crippen LogP contribution in [0.25, 0.3) is 0 Å². The van der Waals surface area contributed by atoms with Gasteiger partial charge in [0, 0.05) is 23.6 Å². The van der Waals surface area contributed by atoms with Crippen LogP contribution in [0.5, 0.6) is 11.5 Å². The number of ketones is 1. The number of aromatic hydroxyl groups is 1. The van der Waals surface area contributed by atoms with Gasteiger partial charge in [-0.15, -0.1) is 0 Å². The van der Waals surface area contributed by atoms with Gasteiger partial charge >= 0.3 is 0 Å². The Labute approximate surface area is 158 Å². The van der Waals surface area contributed by atoms with Crippen LogP contribution in [-0.4, -0.2) is 22.7 Å². The van der Waals surface area contributed by atoms with E-state index < -0.39 is 0 Å². The summed E-state index contributed by atoms with van der Waals surface area (Å²) in [5, 5.41) is 17.5. The highest BCUT2D eigenvalue weighted by atomic mass is 16.5. The van der Waals surface area contributed by atoms with Crippen molar-refractivity contribution in [3.63, 3.8) is 0 Å². The largest absolute Gasteiger partial charge is 0.504 e. The Kier molecular flexibility index (Phi) is 4.02. The normalized spacial score (nSPS) is 20.7. The number of hydrogen-bond acceptors (Lipinski definition) is 6. The molecule has 0 saturated heterocycles. The topological polar surface area (TPSA) is 84.6 Å². The number of carbonyl (C=O) groups excluding carboxylic acids is 1. The van der Waals surface area contributed by atoms with Gasteiger partial charge in [-0.1, -0.05) is 25.1 Å². The molecule has 2 heterocycles. The Balaban J connectivity index is 1.91. The lowest BCUT2D eigenvalue weighted by Gasteiger charge is -2.37. The van der Waals surface area contributed by atoms with Gasteiger partial charge < -0.3 is 19.7 Å². The fourth-order valence-corrected chi connectivity index (χ4v) is 4.18. The predicted octanol–water partition coefficient (Wildman–Crippen LogP) is 4.29. The second-order valence-corrected chi connectivity index (χ2v) is 8.06. The minimum absolute atomic E-state index is 0.0853. The second kappa shape index (κ2) is 6.15. The molecule has 27 heavy (non-hydrogen) atoms. The van der Waals surface area contributed by atoms with Crippen molar-refractivity contribution in [2.75, 3.05) is 11.9 Å². The number of hydrogen-bond donors (Lipinski definition) is 2. The van der Waals surface area contributed by atoms with Crippen molar-refractivity contribution < 1.29 is 19.2 Å². The van der Waals surface area contributed by atoms with Gasteiger partial charge in [0.2, 0.25) is 5.88 Å². The summed E-state index contributed by atoms with van der Waals surface area (Å²) < 4.78 is 11.1. The maximum absolute atomic E-state index is 13.1. The third-order valence-electron chi connectivity index (χ3n) is 5.29. The number of ether oxygens (including phenoxy) is 1. The molecule has 6 nitrogen and oxygen atoms in total. The first-order valence-electron chi connectivity index (χ1n) is 9.26. The van der Waals surface area contributed by atoms with Crippen molar-refractivity contribution in [2.24, 2.45) is 5.41 Å².